The van der Waals surface area contributed by atoms with Gasteiger partial charge in [0, 0.05) is 6.20 Å². The second-order valence-corrected chi connectivity index (χ2v) is 4.43. The van der Waals surface area contributed by atoms with Crippen LogP contribution in [0, 0.1) is 4.51 Å². The minimum absolute atomic E-state index is 0.138. The molecule has 0 bridgehead atoms. The van der Waals surface area contributed by atoms with Crippen LogP contribution < -0.4 is 4.90 Å². The molecular formula is C7H3B6ClN2S. The summed E-state index contributed by atoms with van der Waals surface area (Å²) in [5.74, 6) is 0.138. The number of halogens is 1. The first kappa shape index (κ1) is 14.9. The lowest BCUT2D eigenvalue weighted by Gasteiger charge is -2.50. The van der Waals surface area contributed by atoms with E-state index in [9.17, 15) is 0 Å². The first-order valence-corrected chi connectivity index (χ1v) is 5.24. The van der Waals surface area contributed by atoms with Crippen LogP contribution in [-0.2, 0) is 0 Å². The van der Waals surface area contributed by atoms with Gasteiger partial charge in [-0.3, -0.25) is 0 Å². The van der Waals surface area contributed by atoms with Crippen molar-refractivity contribution in [2.45, 2.75) is 10.5 Å². The summed E-state index contributed by atoms with van der Waals surface area (Å²) in [5.41, 5.74) is 0. The fraction of sp³-hybridized carbons (Fsp3) is 0.286. The minimum Gasteiger partial charge on any atom is -0.396 e. The molecule has 0 aliphatic carbocycles. The van der Waals surface area contributed by atoms with Crippen LogP contribution in [0.15, 0.2) is 12.3 Å². The maximum atomic E-state index is 5.99. The number of nitrogens with zero attached hydrogens (tertiary/aromatic N) is 1. The molecule has 12 radical (unpaired) electrons. The number of aromatic amines is 1. The molecule has 0 aromatic carbocycles. The van der Waals surface area contributed by atoms with Gasteiger partial charge in [0.05, 0.1) is 56.6 Å². The molecule has 0 fully saturated rings. The number of aromatic nitrogens is 1. The van der Waals surface area contributed by atoms with Crippen molar-refractivity contribution in [1.29, 1.82) is 0 Å². The van der Waals surface area contributed by atoms with Gasteiger partial charge >= 0.3 is 0 Å². The molecule has 1 heterocycles. The third-order valence-corrected chi connectivity index (χ3v) is 2.71. The van der Waals surface area contributed by atoms with Crippen molar-refractivity contribution in [1.82, 2.24) is 4.98 Å². The van der Waals surface area contributed by atoms with Crippen LogP contribution in [-0.4, -0.2) is 62.5 Å². The number of hydrogen-bond acceptors (Lipinski definition) is 2. The predicted molar refractivity (Wildman–Crippen MR) is 79.1 cm³/mol. The molecule has 0 aliphatic rings. The van der Waals surface area contributed by atoms with E-state index in [1.807, 2.05) is 0 Å². The van der Waals surface area contributed by atoms with Crippen LogP contribution in [0.5, 0.6) is 0 Å². The molecule has 0 aliphatic heterocycles. The van der Waals surface area contributed by atoms with Gasteiger partial charge in [0.1, 0.15) is 5.82 Å². The Bertz CT molecular complexity index is 451. The highest BCUT2D eigenvalue weighted by Crippen LogP contribution is 2.29. The Morgan fingerprint density at radius 2 is 1.59 bits per heavy atom. The molecule has 0 amide bonds. The van der Waals surface area contributed by atoms with Gasteiger partial charge in [-0.25, -0.2) is 0 Å². The quantitative estimate of drug-likeness (QED) is 0.570. The van der Waals surface area contributed by atoms with Crippen molar-refractivity contribution >= 4 is 76.7 Å². The summed E-state index contributed by atoms with van der Waals surface area (Å²) in [7, 11) is 33.3. The topological polar surface area (TPSA) is 19.0 Å². The lowest BCUT2D eigenvalue weighted by Crippen LogP contribution is -2.64. The number of H-pyrrole nitrogens is 1. The summed E-state index contributed by atoms with van der Waals surface area (Å²) in [6.07, 6.45) is 1.51. The Morgan fingerprint density at radius 3 is 2.00 bits per heavy atom. The van der Waals surface area contributed by atoms with E-state index in [-0.39, 0.29) is 10.8 Å². The average molecular weight is 248 g/mol. The Labute approximate surface area is 119 Å². The van der Waals surface area contributed by atoms with E-state index in [0.717, 1.165) is 4.90 Å². The van der Waals surface area contributed by atoms with E-state index in [2.05, 4.69) is 4.98 Å². The van der Waals surface area contributed by atoms with Gasteiger partial charge in [-0.05, 0) is 6.07 Å². The Hall–Kier alpha value is -0.150. The van der Waals surface area contributed by atoms with Crippen LogP contribution in [0.2, 0.25) is 5.02 Å². The summed E-state index contributed by atoms with van der Waals surface area (Å²) in [5, 5.41) is -3.69. The fourth-order valence-electron chi connectivity index (χ4n) is 1.33. The summed E-state index contributed by atoms with van der Waals surface area (Å²) >= 11 is 11.0. The highest BCUT2D eigenvalue weighted by Gasteiger charge is 2.31. The van der Waals surface area contributed by atoms with Crippen molar-refractivity contribution in [3.05, 3.63) is 21.8 Å². The molecule has 1 rings (SSSR count). The maximum absolute atomic E-state index is 5.99. The van der Waals surface area contributed by atoms with Gasteiger partial charge < -0.3 is 9.88 Å². The van der Waals surface area contributed by atoms with Gasteiger partial charge in [0.15, 0.2) is 0 Å². The van der Waals surface area contributed by atoms with E-state index in [0.29, 0.717) is 4.51 Å². The van der Waals surface area contributed by atoms with Crippen LogP contribution in [0.1, 0.15) is 0 Å². The van der Waals surface area contributed by atoms with Crippen molar-refractivity contribution in [2.75, 3.05) is 4.90 Å². The lowest BCUT2D eigenvalue weighted by molar-refractivity contribution is 0.833. The van der Waals surface area contributed by atoms with Gasteiger partial charge in [-0.2, -0.15) is 0 Å². The summed E-state index contributed by atoms with van der Waals surface area (Å²) in [4.78, 5) is 3.67. The molecule has 0 atom stereocenters. The smallest absolute Gasteiger partial charge is 0.123 e. The van der Waals surface area contributed by atoms with E-state index in [1.165, 1.54) is 6.20 Å². The molecular weight excluding hydrogens is 244 g/mol. The molecule has 72 valence electrons. The van der Waals surface area contributed by atoms with Crippen LogP contribution in [0.4, 0.5) is 5.82 Å². The third kappa shape index (κ3) is 3.41. The Balaban J connectivity index is 3.44. The average Bonchev–Trinajstić information content (AvgIpc) is 2.08. The van der Waals surface area contributed by atoms with Crippen LogP contribution in [0.3, 0.4) is 0 Å². The number of hydrogen-bond donors (Lipinski definition) is 1. The SMILES string of the molecule is [B]C([B])([B])N(c1[nH]ccc(=S)c1Cl)C([B])([B])[B]. The second-order valence-electron chi connectivity index (χ2n) is 3.61. The zero-order chi connectivity index (χ0) is 13.4. The van der Waals surface area contributed by atoms with E-state index < -0.39 is 10.5 Å². The Morgan fingerprint density at radius 1 is 1.12 bits per heavy atom. The first-order valence-electron chi connectivity index (χ1n) is 4.46. The van der Waals surface area contributed by atoms with Crippen molar-refractivity contribution in [3.63, 3.8) is 0 Å². The highest BCUT2D eigenvalue weighted by molar-refractivity contribution is 7.71. The standard InChI is InChI=1S/C7H3B6ClN2S/c8-6(9,10)16(7(11,12)13)5-4(14)3(17)1-2-15-5/h1-2H,(H,15,17). The number of anilines is 1. The number of pyridine rings is 1. The predicted octanol–water partition coefficient (Wildman–Crippen LogP) is -0.562. The highest BCUT2D eigenvalue weighted by atomic mass is 35.5. The van der Waals surface area contributed by atoms with Crippen molar-refractivity contribution in [3.8, 4) is 0 Å². The van der Waals surface area contributed by atoms with E-state index in [4.69, 9.17) is 70.9 Å². The number of nitrogens with one attached hydrogen (secondary N) is 1. The largest absolute Gasteiger partial charge is 0.396 e. The molecule has 1 aromatic heterocycles. The molecule has 0 saturated carbocycles. The van der Waals surface area contributed by atoms with Crippen LogP contribution >= 0.6 is 23.8 Å². The molecule has 1 aromatic rings. The molecule has 0 unspecified atom stereocenters. The van der Waals surface area contributed by atoms with Gasteiger partial charge in [-0.15, -0.1) is 0 Å². The molecule has 2 nitrogen and oxygen atoms in total. The summed E-state index contributed by atoms with van der Waals surface area (Å²) < 4.78 is 0.346. The number of rotatable bonds is 3. The minimum atomic E-state index is -1.92. The maximum Gasteiger partial charge on any atom is 0.123 e. The molecule has 17 heavy (non-hydrogen) atoms. The monoisotopic (exact) mass is 248 g/mol. The Kier molecular flexibility index (Phi) is 4.25. The van der Waals surface area contributed by atoms with E-state index >= 15 is 0 Å². The summed E-state index contributed by atoms with van der Waals surface area (Å²) in [6.45, 7) is 0. The molecule has 10 heteroatoms. The zero-order valence-electron chi connectivity index (χ0n) is 8.85. The third-order valence-electron chi connectivity index (χ3n) is 1.88. The fourth-order valence-corrected chi connectivity index (χ4v) is 1.70. The summed E-state index contributed by atoms with van der Waals surface area (Å²) in [6, 6.07) is 1.57. The second kappa shape index (κ2) is 4.85. The van der Waals surface area contributed by atoms with Gasteiger partial charge in [-0.1, -0.05) is 34.3 Å². The van der Waals surface area contributed by atoms with Crippen molar-refractivity contribution in [2.24, 2.45) is 0 Å². The lowest BCUT2D eigenvalue weighted by atomic mass is 9.40. The van der Waals surface area contributed by atoms with Gasteiger partial charge in [0.2, 0.25) is 0 Å². The zero-order valence-corrected chi connectivity index (χ0v) is 10.4. The van der Waals surface area contributed by atoms with Crippen LogP contribution in [0.25, 0.3) is 0 Å². The first-order chi connectivity index (χ1) is 7.55. The van der Waals surface area contributed by atoms with E-state index in [1.54, 1.807) is 6.07 Å². The normalized spacial score (nSPS) is 12.3. The van der Waals surface area contributed by atoms with Gasteiger partial charge in [0.25, 0.3) is 0 Å². The molecule has 0 spiro atoms. The van der Waals surface area contributed by atoms with Crippen molar-refractivity contribution < 1.29 is 0 Å². The molecule has 1 N–H and O–H groups in total. The molecule has 0 saturated heterocycles.